The van der Waals surface area contributed by atoms with E-state index in [-0.39, 0.29) is 17.4 Å². The van der Waals surface area contributed by atoms with Gasteiger partial charge in [-0.1, -0.05) is 12.1 Å². The molecule has 4 rings (SSSR count). The summed E-state index contributed by atoms with van der Waals surface area (Å²) in [5, 5.41) is 4.07. The predicted molar refractivity (Wildman–Crippen MR) is 119 cm³/mol. The second-order valence-corrected chi connectivity index (χ2v) is 8.02. The van der Waals surface area contributed by atoms with Gasteiger partial charge < -0.3 is 9.80 Å². The smallest absolute Gasteiger partial charge is 0.351 e. The van der Waals surface area contributed by atoms with Crippen LogP contribution in [0.4, 0.5) is 10.1 Å². The molecule has 32 heavy (non-hydrogen) atoms. The highest BCUT2D eigenvalue weighted by Crippen LogP contribution is 2.22. The third kappa shape index (κ3) is 3.93. The number of halogens is 1. The lowest BCUT2D eigenvalue weighted by atomic mass is 10.1. The molecule has 1 aromatic heterocycles. The van der Waals surface area contributed by atoms with E-state index in [1.165, 1.54) is 31.3 Å². The van der Waals surface area contributed by atoms with Gasteiger partial charge in [-0.3, -0.25) is 14.2 Å². The van der Waals surface area contributed by atoms with E-state index in [0.717, 1.165) is 20.5 Å². The first-order valence-electron chi connectivity index (χ1n) is 10.3. The molecule has 0 saturated carbocycles. The summed E-state index contributed by atoms with van der Waals surface area (Å²) in [6.07, 6.45) is 0. The number of amides is 1. The Bertz CT molecular complexity index is 1280. The van der Waals surface area contributed by atoms with Gasteiger partial charge in [-0.15, -0.1) is 0 Å². The molecule has 1 saturated heterocycles. The van der Waals surface area contributed by atoms with Crippen molar-refractivity contribution in [1.29, 1.82) is 0 Å². The number of nitrogens with zero attached hydrogens (tertiary/aromatic N) is 5. The van der Waals surface area contributed by atoms with Crippen molar-refractivity contribution < 1.29 is 9.18 Å². The van der Waals surface area contributed by atoms with Crippen LogP contribution in [-0.2, 0) is 7.05 Å². The summed E-state index contributed by atoms with van der Waals surface area (Å²) in [5.41, 5.74) is 0.696. The van der Waals surface area contributed by atoms with Crippen molar-refractivity contribution >= 4 is 11.6 Å². The van der Waals surface area contributed by atoms with Crippen LogP contribution in [0.2, 0.25) is 0 Å². The lowest BCUT2D eigenvalue weighted by Crippen LogP contribution is -2.55. The quantitative estimate of drug-likeness (QED) is 0.624. The van der Waals surface area contributed by atoms with Crippen LogP contribution < -0.4 is 16.1 Å². The van der Waals surface area contributed by atoms with E-state index in [1.54, 1.807) is 4.90 Å². The summed E-state index contributed by atoms with van der Waals surface area (Å²) < 4.78 is 15.1. The minimum absolute atomic E-state index is 0.0290. The Balaban J connectivity index is 1.63. The van der Waals surface area contributed by atoms with E-state index >= 15 is 0 Å². The number of aryl methyl sites for hydroxylation is 1. The molecule has 1 atom stereocenters. The summed E-state index contributed by atoms with van der Waals surface area (Å²) in [4.78, 5) is 42.3. The molecular formula is C23H24FN5O3. The number of aromatic nitrogens is 3. The zero-order valence-corrected chi connectivity index (χ0v) is 18.2. The molecule has 166 valence electrons. The maximum Gasteiger partial charge on any atom is 0.351 e. The number of carbonyl (C=O) groups is 1. The second kappa shape index (κ2) is 8.41. The number of hydrogen-bond donors (Lipinski definition) is 0. The summed E-state index contributed by atoms with van der Waals surface area (Å²) in [7, 11) is 1.29. The molecular weight excluding hydrogens is 413 g/mol. The van der Waals surface area contributed by atoms with Gasteiger partial charge in [0.25, 0.3) is 11.5 Å². The van der Waals surface area contributed by atoms with Gasteiger partial charge in [0, 0.05) is 38.4 Å². The summed E-state index contributed by atoms with van der Waals surface area (Å²) in [6, 6.07) is 13.3. The molecule has 2 heterocycles. The van der Waals surface area contributed by atoms with Crippen LogP contribution in [0.1, 0.15) is 23.0 Å². The molecule has 3 aromatic rings. The van der Waals surface area contributed by atoms with Crippen LogP contribution in [0.15, 0.2) is 58.1 Å². The highest BCUT2D eigenvalue weighted by Gasteiger charge is 2.30. The predicted octanol–water partition coefficient (Wildman–Crippen LogP) is 1.73. The molecule has 2 aromatic carbocycles. The minimum Gasteiger partial charge on any atom is -0.365 e. The molecule has 9 heteroatoms. The van der Waals surface area contributed by atoms with Crippen molar-refractivity contribution in [2.75, 3.05) is 24.5 Å². The van der Waals surface area contributed by atoms with Gasteiger partial charge in [-0.2, -0.15) is 9.78 Å². The Morgan fingerprint density at radius 3 is 2.44 bits per heavy atom. The largest absolute Gasteiger partial charge is 0.365 e. The SMILES string of the molecule is Cc1cccc(N2CCN(C(=O)c3nn(-c4ccc(F)cc4)c(=O)n(C)c3=O)CC2C)c1. The van der Waals surface area contributed by atoms with Gasteiger partial charge >= 0.3 is 5.69 Å². The first kappa shape index (κ1) is 21.5. The molecule has 8 nitrogen and oxygen atoms in total. The maximum atomic E-state index is 13.3. The van der Waals surface area contributed by atoms with Crippen molar-refractivity contribution in [3.63, 3.8) is 0 Å². The summed E-state index contributed by atoms with van der Waals surface area (Å²) >= 11 is 0. The Morgan fingerprint density at radius 1 is 1.06 bits per heavy atom. The number of piperazine rings is 1. The Labute approximate surface area is 184 Å². The second-order valence-electron chi connectivity index (χ2n) is 8.02. The van der Waals surface area contributed by atoms with Gasteiger partial charge in [0.15, 0.2) is 0 Å². The van der Waals surface area contributed by atoms with Crippen LogP contribution in [0.3, 0.4) is 0 Å². The first-order valence-corrected chi connectivity index (χ1v) is 10.3. The van der Waals surface area contributed by atoms with E-state index in [2.05, 4.69) is 16.1 Å². The van der Waals surface area contributed by atoms with E-state index in [4.69, 9.17) is 0 Å². The average Bonchev–Trinajstić information content (AvgIpc) is 2.78. The van der Waals surface area contributed by atoms with Crippen molar-refractivity contribution in [2.24, 2.45) is 7.05 Å². The van der Waals surface area contributed by atoms with Crippen molar-refractivity contribution in [2.45, 2.75) is 19.9 Å². The van der Waals surface area contributed by atoms with E-state index in [1.807, 2.05) is 32.0 Å². The van der Waals surface area contributed by atoms with Crippen LogP contribution in [0.5, 0.6) is 0 Å². The van der Waals surface area contributed by atoms with Gasteiger partial charge in [0.05, 0.1) is 5.69 Å². The number of benzene rings is 2. The fourth-order valence-corrected chi connectivity index (χ4v) is 3.94. The Morgan fingerprint density at radius 2 is 1.78 bits per heavy atom. The number of carbonyl (C=O) groups excluding carboxylic acids is 1. The van der Waals surface area contributed by atoms with E-state index in [0.29, 0.717) is 19.6 Å². The van der Waals surface area contributed by atoms with E-state index in [9.17, 15) is 18.8 Å². The average molecular weight is 437 g/mol. The lowest BCUT2D eigenvalue weighted by Gasteiger charge is -2.41. The number of rotatable bonds is 3. The highest BCUT2D eigenvalue weighted by atomic mass is 19.1. The van der Waals surface area contributed by atoms with Crippen molar-refractivity contribution in [1.82, 2.24) is 19.2 Å². The van der Waals surface area contributed by atoms with Crippen molar-refractivity contribution in [3.8, 4) is 5.69 Å². The molecule has 1 unspecified atom stereocenters. The molecule has 0 spiro atoms. The molecule has 0 aliphatic carbocycles. The lowest BCUT2D eigenvalue weighted by molar-refractivity contribution is 0.0715. The number of anilines is 1. The molecule has 1 amide bonds. The molecule has 0 N–H and O–H groups in total. The van der Waals surface area contributed by atoms with Crippen LogP contribution in [-0.4, -0.2) is 50.8 Å². The summed E-state index contributed by atoms with van der Waals surface area (Å²) in [6.45, 7) is 5.48. The summed E-state index contributed by atoms with van der Waals surface area (Å²) in [5.74, 6) is -0.999. The minimum atomic E-state index is -0.757. The molecule has 0 radical (unpaired) electrons. The first-order chi connectivity index (χ1) is 15.3. The number of hydrogen-bond acceptors (Lipinski definition) is 5. The van der Waals surface area contributed by atoms with Crippen LogP contribution in [0.25, 0.3) is 5.69 Å². The Hall–Kier alpha value is -3.75. The third-order valence-corrected chi connectivity index (χ3v) is 5.70. The highest BCUT2D eigenvalue weighted by molar-refractivity contribution is 5.92. The van der Waals surface area contributed by atoms with Crippen LogP contribution in [0, 0.1) is 12.7 Å². The monoisotopic (exact) mass is 437 g/mol. The zero-order valence-electron chi connectivity index (χ0n) is 18.2. The van der Waals surface area contributed by atoms with Gasteiger partial charge in [0.1, 0.15) is 5.82 Å². The van der Waals surface area contributed by atoms with Crippen LogP contribution >= 0.6 is 0 Å². The maximum absolute atomic E-state index is 13.3. The van der Waals surface area contributed by atoms with Gasteiger partial charge in [0.2, 0.25) is 5.69 Å². The zero-order chi connectivity index (χ0) is 23.0. The molecule has 0 bridgehead atoms. The fraction of sp³-hybridized carbons (Fsp3) is 0.304. The van der Waals surface area contributed by atoms with Gasteiger partial charge in [-0.05, 0) is 55.8 Å². The molecule has 1 aliphatic heterocycles. The standard InChI is InChI=1S/C23H24FN5O3/c1-15-5-4-6-19(13-15)28-12-11-27(14-16(28)2)22(31)20-21(30)26(3)23(32)29(25-20)18-9-7-17(24)8-10-18/h4-10,13,16H,11-12,14H2,1-3H3. The van der Waals surface area contributed by atoms with E-state index < -0.39 is 23.0 Å². The third-order valence-electron chi connectivity index (χ3n) is 5.70. The molecule has 1 aliphatic rings. The Kier molecular flexibility index (Phi) is 5.65. The topological polar surface area (TPSA) is 80.4 Å². The normalized spacial score (nSPS) is 16.3. The van der Waals surface area contributed by atoms with Gasteiger partial charge in [-0.25, -0.2) is 9.18 Å². The van der Waals surface area contributed by atoms with Crippen molar-refractivity contribution in [3.05, 3.63) is 86.4 Å². The molecule has 1 fully saturated rings. The fourth-order valence-electron chi connectivity index (χ4n) is 3.94.